The van der Waals surface area contributed by atoms with E-state index in [1.165, 1.54) is 6.07 Å². The summed E-state index contributed by atoms with van der Waals surface area (Å²) in [5, 5.41) is 20.2. The first-order valence-corrected chi connectivity index (χ1v) is 6.97. The molecule has 0 aromatic heterocycles. The van der Waals surface area contributed by atoms with Gasteiger partial charge in [0, 0.05) is 15.0 Å². The van der Waals surface area contributed by atoms with E-state index >= 15 is 0 Å². The van der Waals surface area contributed by atoms with Crippen LogP contribution in [0.5, 0.6) is 0 Å². The van der Waals surface area contributed by atoms with Gasteiger partial charge in [-0.3, -0.25) is 9.59 Å². The number of carbonyl (C=O) groups is 3. The summed E-state index contributed by atoms with van der Waals surface area (Å²) in [4.78, 5) is 33.4. The molecule has 20 heavy (non-hydrogen) atoms. The smallest absolute Gasteiger partial charge is 0.326 e. The number of rotatable bonds is 6. The van der Waals surface area contributed by atoms with Gasteiger partial charge < -0.3 is 15.5 Å². The minimum Gasteiger partial charge on any atom is -0.481 e. The topological polar surface area (TPSA) is 104 Å². The molecule has 0 heterocycles. The summed E-state index contributed by atoms with van der Waals surface area (Å²) >= 11 is 7.71. The molecule has 1 aromatic carbocycles. The van der Waals surface area contributed by atoms with Crippen LogP contribution in [0.15, 0.2) is 18.2 Å². The molecular weight excluding hydrogens is 400 g/mol. The summed E-state index contributed by atoms with van der Waals surface area (Å²) in [6.07, 6.45) is -0.530. The number of hydrogen-bond donors (Lipinski definition) is 3. The van der Waals surface area contributed by atoms with Crippen molar-refractivity contribution in [2.24, 2.45) is 0 Å². The van der Waals surface area contributed by atoms with E-state index in [1.54, 1.807) is 12.1 Å². The zero-order chi connectivity index (χ0) is 15.3. The van der Waals surface area contributed by atoms with E-state index < -0.39 is 23.9 Å². The Kier molecular flexibility index (Phi) is 6.21. The number of halogens is 2. The van der Waals surface area contributed by atoms with Crippen LogP contribution in [0.1, 0.15) is 23.2 Å². The van der Waals surface area contributed by atoms with Crippen molar-refractivity contribution in [1.82, 2.24) is 5.32 Å². The van der Waals surface area contributed by atoms with Crippen molar-refractivity contribution < 1.29 is 24.6 Å². The number of nitrogens with one attached hydrogen (secondary N) is 1. The van der Waals surface area contributed by atoms with E-state index in [0.717, 1.165) is 0 Å². The zero-order valence-electron chi connectivity index (χ0n) is 10.1. The second-order valence-corrected chi connectivity index (χ2v) is 5.52. The molecule has 1 atom stereocenters. The van der Waals surface area contributed by atoms with Gasteiger partial charge in [0.15, 0.2) is 0 Å². The molecule has 108 valence electrons. The van der Waals surface area contributed by atoms with Gasteiger partial charge in [0.1, 0.15) is 6.04 Å². The number of amides is 1. The lowest BCUT2D eigenvalue weighted by atomic mass is 10.1. The Morgan fingerprint density at radius 1 is 1.30 bits per heavy atom. The summed E-state index contributed by atoms with van der Waals surface area (Å²) in [5.74, 6) is -3.01. The molecular formula is C12H11ClINO5. The van der Waals surface area contributed by atoms with Crippen molar-refractivity contribution in [2.75, 3.05) is 0 Å². The van der Waals surface area contributed by atoms with E-state index in [1.807, 2.05) is 22.6 Å². The van der Waals surface area contributed by atoms with Crippen molar-refractivity contribution in [3.63, 3.8) is 0 Å². The molecule has 1 rings (SSSR count). The number of hydrogen-bond acceptors (Lipinski definition) is 3. The highest BCUT2D eigenvalue weighted by Crippen LogP contribution is 2.18. The molecule has 1 amide bonds. The van der Waals surface area contributed by atoms with Crippen molar-refractivity contribution in [3.8, 4) is 0 Å². The zero-order valence-corrected chi connectivity index (χ0v) is 13.0. The predicted molar refractivity (Wildman–Crippen MR) is 79.9 cm³/mol. The van der Waals surface area contributed by atoms with Crippen molar-refractivity contribution >= 4 is 52.0 Å². The van der Waals surface area contributed by atoms with Crippen LogP contribution in [0, 0.1) is 3.57 Å². The summed E-state index contributed by atoms with van der Waals surface area (Å²) in [6.45, 7) is 0. The van der Waals surface area contributed by atoms with Crippen molar-refractivity contribution in [1.29, 1.82) is 0 Å². The molecule has 3 N–H and O–H groups in total. The van der Waals surface area contributed by atoms with Crippen LogP contribution in [-0.4, -0.2) is 34.1 Å². The molecule has 0 aliphatic rings. The molecule has 0 radical (unpaired) electrons. The van der Waals surface area contributed by atoms with E-state index in [0.29, 0.717) is 8.59 Å². The number of aliphatic carboxylic acids is 2. The normalized spacial score (nSPS) is 11.7. The molecule has 0 aliphatic heterocycles. The van der Waals surface area contributed by atoms with E-state index in [4.69, 9.17) is 21.8 Å². The van der Waals surface area contributed by atoms with Crippen LogP contribution in [0.2, 0.25) is 5.02 Å². The van der Waals surface area contributed by atoms with Crippen LogP contribution in [0.4, 0.5) is 0 Å². The Balaban J connectivity index is 2.82. The van der Waals surface area contributed by atoms with Crippen molar-refractivity contribution in [3.05, 3.63) is 32.4 Å². The van der Waals surface area contributed by atoms with Gasteiger partial charge in [0.25, 0.3) is 5.91 Å². The summed E-state index contributed by atoms with van der Waals surface area (Å²) in [5.41, 5.74) is 0.250. The number of carboxylic acid groups (broad SMARTS) is 2. The Morgan fingerprint density at radius 2 is 1.95 bits per heavy atom. The quantitative estimate of drug-likeness (QED) is 0.621. The Hall–Kier alpha value is -1.35. The van der Waals surface area contributed by atoms with Gasteiger partial charge >= 0.3 is 11.9 Å². The minimum absolute atomic E-state index is 0.187. The first-order valence-electron chi connectivity index (χ1n) is 5.51. The van der Waals surface area contributed by atoms with Gasteiger partial charge in [-0.1, -0.05) is 11.6 Å². The fourth-order valence-electron chi connectivity index (χ4n) is 1.43. The van der Waals surface area contributed by atoms with Gasteiger partial charge in [0.05, 0.1) is 5.56 Å². The van der Waals surface area contributed by atoms with Crippen molar-refractivity contribution in [2.45, 2.75) is 18.9 Å². The van der Waals surface area contributed by atoms with Crippen LogP contribution < -0.4 is 5.32 Å². The first kappa shape index (κ1) is 16.7. The third kappa shape index (κ3) is 4.97. The molecule has 1 aromatic rings. The molecule has 8 heteroatoms. The molecule has 0 unspecified atom stereocenters. The lowest BCUT2D eigenvalue weighted by Gasteiger charge is -2.14. The number of carbonyl (C=O) groups excluding carboxylic acids is 1. The van der Waals surface area contributed by atoms with Gasteiger partial charge in [0.2, 0.25) is 0 Å². The van der Waals surface area contributed by atoms with Gasteiger partial charge in [-0.15, -0.1) is 0 Å². The maximum Gasteiger partial charge on any atom is 0.326 e. The Bertz CT molecular complexity index is 549. The third-order valence-corrected chi connectivity index (χ3v) is 3.60. The lowest BCUT2D eigenvalue weighted by molar-refractivity contribution is -0.140. The van der Waals surface area contributed by atoms with Gasteiger partial charge in [-0.05, 0) is 47.2 Å². The molecule has 0 saturated heterocycles. The first-order chi connectivity index (χ1) is 9.31. The maximum absolute atomic E-state index is 12.0. The molecule has 6 nitrogen and oxygen atoms in total. The highest BCUT2D eigenvalue weighted by molar-refractivity contribution is 14.1. The fraction of sp³-hybridized carbons (Fsp3) is 0.250. The largest absolute Gasteiger partial charge is 0.481 e. The molecule has 0 fully saturated rings. The number of carboxylic acids is 2. The van der Waals surface area contributed by atoms with Crippen LogP contribution in [-0.2, 0) is 9.59 Å². The molecule has 0 aliphatic carbocycles. The van der Waals surface area contributed by atoms with E-state index in [-0.39, 0.29) is 18.4 Å². The number of benzene rings is 1. The highest BCUT2D eigenvalue weighted by atomic mass is 127. The summed E-state index contributed by atoms with van der Waals surface area (Å²) in [7, 11) is 0. The second-order valence-electron chi connectivity index (χ2n) is 3.92. The monoisotopic (exact) mass is 411 g/mol. The van der Waals surface area contributed by atoms with Crippen LogP contribution in [0.3, 0.4) is 0 Å². The fourth-order valence-corrected chi connectivity index (χ4v) is 2.19. The van der Waals surface area contributed by atoms with Crippen LogP contribution in [0.25, 0.3) is 0 Å². The average Bonchev–Trinajstić information content (AvgIpc) is 2.36. The Morgan fingerprint density at radius 3 is 2.50 bits per heavy atom. The maximum atomic E-state index is 12.0. The molecule has 0 saturated carbocycles. The molecule has 0 bridgehead atoms. The third-order valence-electron chi connectivity index (χ3n) is 2.42. The standard InChI is InChI=1S/C12H11ClINO5/c13-6-1-2-8(14)7(5-6)11(18)15-9(12(19)20)3-4-10(16)17/h1-2,5,9H,3-4H2,(H,15,18)(H,16,17)(H,19,20)/t9-/m0/s1. The predicted octanol–water partition coefficient (Wildman–Crippen LogP) is 1.99. The lowest BCUT2D eigenvalue weighted by Crippen LogP contribution is -2.41. The van der Waals surface area contributed by atoms with E-state index in [9.17, 15) is 14.4 Å². The van der Waals surface area contributed by atoms with Crippen LogP contribution >= 0.6 is 34.2 Å². The summed E-state index contributed by atoms with van der Waals surface area (Å²) < 4.78 is 0.617. The SMILES string of the molecule is O=C(O)CC[C@H](NC(=O)c1cc(Cl)ccc1I)C(=O)O. The Labute approximate surface area is 133 Å². The highest BCUT2D eigenvalue weighted by Gasteiger charge is 2.22. The second kappa shape index (κ2) is 7.44. The van der Waals surface area contributed by atoms with Gasteiger partial charge in [-0.2, -0.15) is 0 Å². The molecule has 0 spiro atoms. The average molecular weight is 412 g/mol. The van der Waals surface area contributed by atoms with E-state index in [2.05, 4.69) is 5.32 Å². The minimum atomic E-state index is -1.28. The van der Waals surface area contributed by atoms with Gasteiger partial charge in [-0.25, -0.2) is 4.79 Å². The summed E-state index contributed by atoms with van der Waals surface area (Å²) in [6, 6.07) is 3.41.